The first kappa shape index (κ1) is 22.1. The third kappa shape index (κ3) is 3.74. The minimum absolute atomic E-state index is 0.00979. The van der Waals surface area contributed by atoms with E-state index in [-0.39, 0.29) is 11.3 Å². The van der Waals surface area contributed by atoms with Crippen LogP contribution in [0.25, 0.3) is 5.76 Å². The summed E-state index contributed by atoms with van der Waals surface area (Å²) in [7, 11) is 2.99. The number of anilines is 1. The van der Waals surface area contributed by atoms with Crippen LogP contribution in [-0.2, 0) is 9.59 Å². The second-order valence-corrected chi connectivity index (χ2v) is 7.87. The zero-order valence-corrected chi connectivity index (χ0v) is 19.0. The van der Waals surface area contributed by atoms with E-state index in [1.54, 1.807) is 18.2 Å². The minimum atomic E-state index is -0.793. The Labute approximate surface area is 192 Å². The number of hydrogen-bond donors (Lipinski definition) is 1. The molecule has 1 amide bonds. The Balaban J connectivity index is 1.99. The molecule has 1 aliphatic heterocycles. The number of carbonyl (C=O) groups is 2. The zero-order chi connectivity index (χ0) is 23.7. The van der Waals surface area contributed by atoms with E-state index in [4.69, 9.17) is 9.47 Å². The molecule has 1 unspecified atom stereocenters. The molecule has 0 aromatic heterocycles. The van der Waals surface area contributed by atoms with Crippen molar-refractivity contribution in [2.24, 2.45) is 0 Å². The maximum atomic E-state index is 13.3. The number of nitrogens with zero attached hydrogens (tertiary/aromatic N) is 1. The highest BCUT2D eigenvalue weighted by atomic mass is 16.5. The number of ether oxygens (including phenoxy) is 2. The van der Waals surface area contributed by atoms with Gasteiger partial charge in [0.05, 0.1) is 31.4 Å². The van der Waals surface area contributed by atoms with Gasteiger partial charge in [-0.1, -0.05) is 42.5 Å². The van der Waals surface area contributed by atoms with E-state index >= 15 is 0 Å². The molecule has 1 heterocycles. The summed E-state index contributed by atoms with van der Waals surface area (Å²) >= 11 is 0. The number of hydrogen-bond acceptors (Lipinski definition) is 5. The lowest BCUT2D eigenvalue weighted by atomic mass is 9.94. The van der Waals surface area contributed by atoms with Crippen LogP contribution in [0.1, 0.15) is 28.3 Å². The van der Waals surface area contributed by atoms with Gasteiger partial charge in [0.2, 0.25) is 0 Å². The van der Waals surface area contributed by atoms with Crippen molar-refractivity contribution >= 4 is 23.1 Å². The van der Waals surface area contributed by atoms with E-state index in [1.807, 2.05) is 62.4 Å². The molecule has 0 aliphatic carbocycles. The normalized spacial score (nSPS) is 17.3. The first-order valence-electron chi connectivity index (χ1n) is 10.5. The highest BCUT2D eigenvalue weighted by molar-refractivity contribution is 6.51. The number of rotatable bonds is 5. The molecule has 0 saturated carbocycles. The maximum absolute atomic E-state index is 13.3. The Kier molecular flexibility index (Phi) is 5.92. The van der Waals surface area contributed by atoms with Crippen molar-refractivity contribution < 1.29 is 24.2 Å². The van der Waals surface area contributed by atoms with Crippen LogP contribution < -0.4 is 14.4 Å². The van der Waals surface area contributed by atoms with Crippen LogP contribution in [0, 0.1) is 13.8 Å². The second-order valence-electron chi connectivity index (χ2n) is 7.87. The summed E-state index contributed by atoms with van der Waals surface area (Å²) in [6.45, 7) is 3.87. The number of aliphatic hydroxyl groups is 1. The molecular weight excluding hydrogens is 418 g/mol. The van der Waals surface area contributed by atoms with Gasteiger partial charge in [0.15, 0.2) is 0 Å². The van der Waals surface area contributed by atoms with Crippen molar-refractivity contribution in [3.63, 3.8) is 0 Å². The van der Waals surface area contributed by atoms with Crippen molar-refractivity contribution in [2.75, 3.05) is 19.1 Å². The number of amides is 1. The minimum Gasteiger partial charge on any atom is -0.507 e. The molecule has 0 bridgehead atoms. The Morgan fingerprint density at radius 3 is 2.30 bits per heavy atom. The van der Waals surface area contributed by atoms with Crippen LogP contribution in [0.3, 0.4) is 0 Å². The first-order valence-corrected chi connectivity index (χ1v) is 10.5. The standard InChI is InChI=1S/C27H25NO5/c1-16-9-8-12-21(17(16)2)28-24(18-10-6-5-7-11-18)23(26(30)27(28)31)25(29)20-14-13-19(32-3)15-22(20)33-4/h5-15,24,29H,1-4H3/b25-23+. The van der Waals surface area contributed by atoms with Crippen molar-refractivity contribution in [3.05, 3.63) is 94.6 Å². The molecule has 1 saturated heterocycles. The lowest BCUT2D eigenvalue weighted by molar-refractivity contribution is -0.132. The molecule has 4 rings (SSSR count). The van der Waals surface area contributed by atoms with Crippen molar-refractivity contribution in [3.8, 4) is 11.5 Å². The molecule has 1 fully saturated rings. The Bertz CT molecular complexity index is 1260. The van der Waals surface area contributed by atoms with E-state index in [2.05, 4.69) is 0 Å². The topological polar surface area (TPSA) is 76.1 Å². The van der Waals surface area contributed by atoms with Gasteiger partial charge in [-0.05, 0) is 48.7 Å². The van der Waals surface area contributed by atoms with Crippen LogP contribution in [0.4, 0.5) is 5.69 Å². The smallest absolute Gasteiger partial charge is 0.300 e. The number of Topliss-reactive ketones (excluding diaryl/α,β-unsaturated/α-hetero) is 1. The molecule has 6 nitrogen and oxygen atoms in total. The highest BCUT2D eigenvalue weighted by Gasteiger charge is 2.47. The van der Waals surface area contributed by atoms with Gasteiger partial charge >= 0.3 is 0 Å². The van der Waals surface area contributed by atoms with Gasteiger partial charge in [0.1, 0.15) is 17.3 Å². The molecule has 3 aromatic rings. The van der Waals surface area contributed by atoms with Gasteiger partial charge in [0, 0.05) is 11.8 Å². The van der Waals surface area contributed by atoms with E-state index in [0.29, 0.717) is 28.3 Å². The lowest BCUT2D eigenvalue weighted by Crippen LogP contribution is -2.30. The van der Waals surface area contributed by atoms with Gasteiger partial charge in [-0.2, -0.15) is 0 Å². The van der Waals surface area contributed by atoms with E-state index in [9.17, 15) is 14.7 Å². The number of aliphatic hydroxyl groups excluding tert-OH is 1. The van der Waals surface area contributed by atoms with Gasteiger partial charge in [0.25, 0.3) is 11.7 Å². The fourth-order valence-corrected chi connectivity index (χ4v) is 4.17. The predicted octanol–water partition coefficient (Wildman–Crippen LogP) is 4.95. The Morgan fingerprint density at radius 1 is 0.909 bits per heavy atom. The monoisotopic (exact) mass is 443 g/mol. The van der Waals surface area contributed by atoms with Gasteiger partial charge in [-0.3, -0.25) is 14.5 Å². The number of benzene rings is 3. The summed E-state index contributed by atoms with van der Waals surface area (Å²) in [5.41, 5.74) is 3.55. The molecule has 1 aliphatic rings. The molecular formula is C27H25NO5. The van der Waals surface area contributed by atoms with E-state index in [1.165, 1.54) is 19.1 Å². The molecule has 3 aromatic carbocycles. The van der Waals surface area contributed by atoms with Gasteiger partial charge in [-0.25, -0.2) is 0 Å². The van der Waals surface area contributed by atoms with Crippen LogP contribution in [0.5, 0.6) is 11.5 Å². The molecule has 0 spiro atoms. The average Bonchev–Trinajstić information content (AvgIpc) is 3.10. The number of methoxy groups -OCH3 is 2. The lowest BCUT2D eigenvalue weighted by Gasteiger charge is -2.27. The predicted molar refractivity (Wildman–Crippen MR) is 127 cm³/mol. The molecule has 6 heteroatoms. The van der Waals surface area contributed by atoms with Gasteiger partial charge in [-0.15, -0.1) is 0 Å². The molecule has 168 valence electrons. The van der Waals surface area contributed by atoms with Crippen LogP contribution in [0.2, 0.25) is 0 Å². The number of aryl methyl sites for hydroxylation is 1. The third-order valence-corrected chi connectivity index (χ3v) is 6.06. The Hall–Kier alpha value is -4.06. The largest absolute Gasteiger partial charge is 0.507 e. The number of carbonyl (C=O) groups excluding carboxylic acids is 2. The molecule has 1 N–H and O–H groups in total. The summed E-state index contributed by atoms with van der Waals surface area (Å²) in [4.78, 5) is 28.1. The fraction of sp³-hybridized carbons (Fsp3) is 0.185. The van der Waals surface area contributed by atoms with Gasteiger partial charge < -0.3 is 14.6 Å². The first-order chi connectivity index (χ1) is 15.9. The van der Waals surface area contributed by atoms with Crippen LogP contribution in [-0.4, -0.2) is 31.0 Å². The molecule has 0 radical (unpaired) electrons. The summed E-state index contributed by atoms with van der Waals surface area (Å²) in [6.07, 6.45) is 0. The van der Waals surface area contributed by atoms with Crippen LogP contribution >= 0.6 is 0 Å². The quantitative estimate of drug-likeness (QED) is 0.343. The fourth-order valence-electron chi connectivity index (χ4n) is 4.17. The Morgan fingerprint density at radius 2 is 1.64 bits per heavy atom. The SMILES string of the molecule is COc1ccc(/C(O)=C2\C(=O)C(=O)N(c3cccc(C)c3C)C2c2ccccc2)c(OC)c1. The summed E-state index contributed by atoms with van der Waals surface area (Å²) in [5, 5.41) is 11.4. The van der Waals surface area contributed by atoms with Crippen LogP contribution in [0.15, 0.2) is 72.3 Å². The zero-order valence-electron chi connectivity index (χ0n) is 19.0. The molecule has 1 atom stereocenters. The highest BCUT2D eigenvalue weighted by Crippen LogP contribution is 2.44. The number of ketones is 1. The maximum Gasteiger partial charge on any atom is 0.300 e. The summed E-state index contributed by atoms with van der Waals surface area (Å²) in [6, 6.07) is 18.9. The van der Waals surface area contributed by atoms with Crippen molar-refractivity contribution in [1.29, 1.82) is 0 Å². The van der Waals surface area contributed by atoms with Crippen molar-refractivity contribution in [1.82, 2.24) is 0 Å². The van der Waals surface area contributed by atoms with Crippen molar-refractivity contribution in [2.45, 2.75) is 19.9 Å². The van der Waals surface area contributed by atoms with E-state index in [0.717, 1.165) is 11.1 Å². The summed E-state index contributed by atoms with van der Waals surface area (Å²) in [5.74, 6) is -0.864. The third-order valence-electron chi connectivity index (χ3n) is 6.06. The summed E-state index contributed by atoms with van der Waals surface area (Å²) < 4.78 is 10.7. The molecule has 33 heavy (non-hydrogen) atoms. The average molecular weight is 443 g/mol. The second kappa shape index (κ2) is 8.82. The van der Waals surface area contributed by atoms with E-state index < -0.39 is 17.7 Å².